The lowest BCUT2D eigenvalue weighted by Gasteiger charge is -2.33. The number of hydrogen-bond donors (Lipinski definition) is 1. The number of rotatable bonds is 11. The van der Waals surface area contributed by atoms with Gasteiger partial charge >= 0.3 is 0 Å². The summed E-state index contributed by atoms with van der Waals surface area (Å²) in [5.41, 5.74) is 0.823. The van der Waals surface area contributed by atoms with Crippen LogP contribution in [0.4, 0.5) is 5.69 Å². The van der Waals surface area contributed by atoms with E-state index in [1.165, 1.54) is 23.1 Å². The standard InChI is InChI=1S/C24H30Cl3N3O4S/c1-5-21(24(32)28-13-16(2)3)29(14-17-6-8-18(25)9-7-17)23(31)15-30(35(4,33)34)22-12-19(26)10-11-20(22)27/h6-12,16,21H,5,13-15H2,1-4H3,(H,28,32)/t21-/m0/s1. The van der Waals surface area contributed by atoms with E-state index in [1.54, 1.807) is 31.2 Å². The lowest BCUT2D eigenvalue weighted by atomic mass is 10.1. The van der Waals surface area contributed by atoms with E-state index in [0.717, 1.165) is 16.1 Å². The molecule has 0 bridgehead atoms. The van der Waals surface area contributed by atoms with E-state index < -0.39 is 28.5 Å². The lowest BCUT2D eigenvalue weighted by molar-refractivity contribution is -0.140. The van der Waals surface area contributed by atoms with Crippen molar-refractivity contribution in [2.45, 2.75) is 39.8 Å². The van der Waals surface area contributed by atoms with E-state index in [9.17, 15) is 18.0 Å². The van der Waals surface area contributed by atoms with Crippen LogP contribution in [0, 0.1) is 5.92 Å². The second-order valence-corrected chi connectivity index (χ2v) is 11.8. The van der Waals surface area contributed by atoms with E-state index in [0.29, 0.717) is 18.0 Å². The maximum Gasteiger partial charge on any atom is 0.244 e. The van der Waals surface area contributed by atoms with Gasteiger partial charge in [-0.25, -0.2) is 8.42 Å². The molecular weight excluding hydrogens is 533 g/mol. The SMILES string of the molecule is CC[C@@H](C(=O)NCC(C)C)N(Cc1ccc(Cl)cc1)C(=O)CN(c1cc(Cl)ccc1Cl)S(C)(=O)=O. The van der Waals surface area contributed by atoms with Gasteiger partial charge in [0, 0.05) is 23.1 Å². The summed E-state index contributed by atoms with van der Waals surface area (Å²) in [6, 6.07) is 10.4. The predicted octanol–water partition coefficient (Wildman–Crippen LogP) is 4.99. The van der Waals surface area contributed by atoms with E-state index in [4.69, 9.17) is 34.8 Å². The Kier molecular flexibility index (Phi) is 10.7. The van der Waals surface area contributed by atoms with E-state index in [1.807, 2.05) is 13.8 Å². The Morgan fingerprint density at radius 2 is 1.60 bits per heavy atom. The summed E-state index contributed by atoms with van der Waals surface area (Å²) in [6.45, 7) is 5.72. The van der Waals surface area contributed by atoms with Gasteiger partial charge in [0.05, 0.1) is 17.0 Å². The highest BCUT2D eigenvalue weighted by Gasteiger charge is 2.32. The van der Waals surface area contributed by atoms with E-state index in [-0.39, 0.29) is 34.1 Å². The molecule has 1 N–H and O–H groups in total. The van der Waals surface area contributed by atoms with Crippen molar-refractivity contribution in [1.82, 2.24) is 10.2 Å². The van der Waals surface area contributed by atoms with Crippen molar-refractivity contribution < 1.29 is 18.0 Å². The number of nitrogens with zero attached hydrogens (tertiary/aromatic N) is 2. The molecule has 7 nitrogen and oxygen atoms in total. The fourth-order valence-electron chi connectivity index (χ4n) is 3.40. The Labute approximate surface area is 222 Å². The first-order chi connectivity index (χ1) is 16.3. The molecule has 0 saturated carbocycles. The molecule has 0 spiro atoms. The molecule has 2 aromatic carbocycles. The maximum atomic E-state index is 13.6. The number of amides is 2. The van der Waals surface area contributed by atoms with Crippen molar-refractivity contribution in [3.63, 3.8) is 0 Å². The number of hydrogen-bond acceptors (Lipinski definition) is 4. The van der Waals surface area contributed by atoms with E-state index in [2.05, 4.69) is 5.32 Å². The van der Waals surface area contributed by atoms with Gasteiger partial charge < -0.3 is 10.2 Å². The third-order valence-electron chi connectivity index (χ3n) is 5.19. The van der Waals surface area contributed by atoms with Crippen LogP contribution in [-0.2, 0) is 26.2 Å². The second kappa shape index (κ2) is 12.8. The molecule has 0 heterocycles. The summed E-state index contributed by atoms with van der Waals surface area (Å²) in [4.78, 5) is 28.0. The highest BCUT2D eigenvalue weighted by Crippen LogP contribution is 2.31. The van der Waals surface area contributed by atoms with Crippen molar-refractivity contribution in [3.8, 4) is 0 Å². The third-order valence-corrected chi connectivity index (χ3v) is 7.13. The minimum atomic E-state index is -3.91. The Balaban J connectivity index is 2.45. The molecule has 0 aliphatic heterocycles. The van der Waals surface area contributed by atoms with Crippen LogP contribution in [0.25, 0.3) is 0 Å². The van der Waals surface area contributed by atoms with Crippen LogP contribution in [0.1, 0.15) is 32.8 Å². The number of nitrogens with one attached hydrogen (secondary N) is 1. The van der Waals surface area contributed by atoms with Crippen LogP contribution >= 0.6 is 34.8 Å². The normalized spacial score (nSPS) is 12.3. The first-order valence-corrected chi connectivity index (χ1v) is 14.1. The van der Waals surface area contributed by atoms with Gasteiger partial charge in [-0.15, -0.1) is 0 Å². The van der Waals surface area contributed by atoms with Crippen LogP contribution < -0.4 is 9.62 Å². The Hall–Kier alpha value is -2.00. The molecule has 2 aromatic rings. The van der Waals surface area contributed by atoms with Crippen molar-refractivity contribution >= 4 is 62.3 Å². The Morgan fingerprint density at radius 1 is 1.00 bits per heavy atom. The number of sulfonamides is 1. The molecule has 0 aliphatic rings. The minimum Gasteiger partial charge on any atom is -0.354 e. The third kappa shape index (κ3) is 8.56. The zero-order valence-corrected chi connectivity index (χ0v) is 23.2. The number of halogens is 3. The molecule has 0 aromatic heterocycles. The van der Waals surface area contributed by atoms with Crippen LogP contribution in [0.3, 0.4) is 0 Å². The number of benzene rings is 2. The molecular formula is C24H30Cl3N3O4S. The van der Waals surface area contributed by atoms with Gasteiger partial charge in [-0.3, -0.25) is 13.9 Å². The van der Waals surface area contributed by atoms with Crippen molar-refractivity contribution in [1.29, 1.82) is 0 Å². The van der Waals surface area contributed by atoms with Gasteiger partial charge in [-0.05, 0) is 48.2 Å². The summed E-state index contributed by atoms with van der Waals surface area (Å²) in [7, 11) is -3.91. The minimum absolute atomic E-state index is 0.0822. The van der Waals surface area contributed by atoms with Gasteiger partial charge in [-0.1, -0.05) is 67.7 Å². The second-order valence-electron chi connectivity index (χ2n) is 8.58. The number of carbonyl (C=O) groups is 2. The van der Waals surface area contributed by atoms with Gasteiger partial charge in [0.2, 0.25) is 21.8 Å². The predicted molar refractivity (Wildman–Crippen MR) is 143 cm³/mol. The summed E-state index contributed by atoms with van der Waals surface area (Å²) < 4.78 is 26.2. The molecule has 1 atom stereocenters. The van der Waals surface area contributed by atoms with Crippen molar-refractivity contribution in [2.75, 3.05) is 23.7 Å². The molecule has 35 heavy (non-hydrogen) atoms. The van der Waals surface area contributed by atoms with Crippen LogP contribution in [0.5, 0.6) is 0 Å². The number of carbonyl (C=O) groups excluding carboxylic acids is 2. The summed E-state index contributed by atoms with van der Waals surface area (Å²) >= 11 is 18.3. The molecule has 0 radical (unpaired) electrons. The monoisotopic (exact) mass is 561 g/mol. The quantitative estimate of drug-likeness (QED) is 0.418. The molecule has 0 unspecified atom stereocenters. The van der Waals surface area contributed by atoms with Gasteiger partial charge in [0.25, 0.3) is 0 Å². The van der Waals surface area contributed by atoms with Gasteiger partial charge in [0.1, 0.15) is 12.6 Å². The smallest absolute Gasteiger partial charge is 0.244 e. The molecule has 2 rings (SSSR count). The number of anilines is 1. The highest BCUT2D eigenvalue weighted by atomic mass is 35.5. The first-order valence-electron chi connectivity index (χ1n) is 11.1. The maximum absolute atomic E-state index is 13.6. The molecule has 0 aliphatic carbocycles. The Bertz CT molecular complexity index is 1140. The van der Waals surface area contributed by atoms with E-state index >= 15 is 0 Å². The molecule has 0 fully saturated rings. The van der Waals surface area contributed by atoms with Crippen LogP contribution in [0.15, 0.2) is 42.5 Å². The first kappa shape index (κ1) is 29.2. The molecule has 11 heteroatoms. The average Bonchev–Trinajstić information content (AvgIpc) is 2.78. The molecule has 2 amide bonds. The van der Waals surface area contributed by atoms with Crippen molar-refractivity contribution in [2.24, 2.45) is 5.92 Å². The summed E-state index contributed by atoms with van der Waals surface area (Å²) in [5.74, 6) is -0.647. The fourth-order valence-corrected chi connectivity index (χ4v) is 4.82. The zero-order valence-electron chi connectivity index (χ0n) is 20.1. The highest BCUT2D eigenvalue weighted by molar-refractivity contribution is 7.92. The molecule has 0 saturated heterocycles. The Morgan fingerprint density at radius 3 is 2.14 bits per heavy atom. The summed E-state index contributed by atoms with van der Waals surface area (Å²) in [5, 5.41) is 3.80. The lowest BCUT2D eigenvalue weighted by Crippen LogP contribution is -2.52. The zero-order chi connectivity index (χ0) is 26.3. The largest absolute Gasteiger partial charge is 0.354 e. The van der Waals surface area contributed by atoms with Crippen molar-refractivity contribution in [3.05, 3.63) is 63.1 Å². The average molecular weight is 563 g/mol. The van der Waals surface area contributed by atoms with Gasteiger partial charge in [-0.2, -0.15) is 0 Å². The molecule has 192 valence electrons. The van der Waals surface area contributed by atoms with Crippen LogP contribution in [-0.4, -0.2) is 50.5 Å². The fraction of sp³-hybridized carbons (Fsp3) is 0.417. The van der Waals surface area contributed by atoms with Gasteiger partial charge in [0.15, 0.2) is 0 Å². The van der Waals surface area contributed by atoms with Crippen LogP contribution in [0.2, 0.25) is 15.1 Å². The topological polar surface area (TPSA) is 86.8 Å². The summed E-state index contributed by atoms with van der Waals surface area (Å²) in [6.07, 6.45) is 1.31.